The van der Waals surface area contributed by atoms with Crippen molar-refractivity contribution in [3.05, 3.63) is 0 Å². The Bertz CT molecular complexity index is 529. The molecule has 0 fully saturated rings. The first-order chi connectivity index (χ1) is 12.2. The molecular formula is C14H24N4O7S. The molecule has 0 saturated heterocycles. The minimum Gasteiger partial charge on any atom is -0.481 e. The summed E-state index contributed by atoms with van der Waals surface area (Å²) >= 11 is 1.52. The molecule has 0 rings (SSSR count). The van der Waals surface area contributed by atoms with Gasteiger partial charge in [0, 0.05) is 6.42 Å². The number of hydrogen-bond acceptors (Lipinski definition) is 7. The number of carboxylic acids is 2. The highest BCUT2D eigenvalue weighted by molar-refractivity contribution is 7.98. The Hall–Kier alpha value is -2.34. The van der Waals surface area contributed by atoms with E-state index >= 15 is 0 Å². The van der Waals surface area contributed by atoms with E-state index in [1.54, 1.807) is 0 Å². The fourth-order valence-electron chi connectivity index (χ4n) is 1.74. The molecule has 0 aromatic carbocycles. The monoisotopic (exact) mass is 392 g/mol. The highest BCUT2D eigenvalue weighted by atomic mass is 32.2. The average molecular weight is 392 g/mol. The first-order valence-corrected chi connectivity index (χ1v) is 9.09. The van der Waals surface area contributed by atoms with E-state index in [4.69, 9.17) is 15.9 Å². The van der Waals surface area contributed by atoms with E-state index in [-0.39, 0.29) is 6.42 Å². The Morgan fingerprint density at radius 2 is 1.58 bits per heavy atom. The summed E-state index contributed by atoms with van der Waals surface area (Å²) in [6.45, 7) is -1.11. The molecule has 2 unspecified atom stereocenters. The summed E-state index contributed by atoms with van der Waals surface area (Å²) in [5, 5.41) is 23.9. The number of aliphatic carboxylic acids is 2. The van der Waals surface area contributed by atoms with Crippen LogP contribution >= 0.6 is 11.8 Å². The number of amides is 3. The second-order valence-electron chi connectivity index (χ2n) is 5.27. The SMILES string of the molecule is CSCCC(N)C(=O)NCC(=O)NC(CCC(=O)O)C(=O)NCC(=O)O. The van der Waals surface area contributed by atoms with Crippen molar-refractivity contribution in [2.75, 3.05) is 25.1 Å². The van der Waals surface area contributed by atoms with Crippen LogP contribution < -0.4 is 21.7 Å². The maximum absolute atomic E-state index is 11.9. The summed E-state index contributed by atoms with van der Waals surface area (Å²) in [4.78, 5) is 56.6. The van der Waals surface area contributed by atoms with Gasteiger partial charge in [-0.2, -0.15) is 11.8 Å². The van der Waals surface area contributed by atoms with Gasteiger partial charge in [-0.3, -0.25) is 24.0 Å². The number of nitrogens with two attached hydrogens (primary N) is 1. The molecule has 0 aromatic heterocycles. The van der Waals surface area contributed by atoms with Gasteiger partial charge in [-0.15, -0.1) is 0 Å². The van der Waals surface area contributed by atoms with Crippen molar-refractivity contribution in [2.24, 2.45) is 5.73 Å². The standard InChI is InChI=1S/C14H24N4O7S/c1-26-5-4-8(15)13(24)16-6-10(19)18-9(2-3-11(20)21)14(25)17-7-12(22)23/h8-9H,2-7,15H2,1H3,(H,16,24)(H,17,25)(H,18,19)(H,20,21)(H,22,23). The predicted octanol–water partition coefficient (Wildman–Crippen LogP) is -2.27. The normalized spacial score (nSPS) is 12.5. The third-order valence-corrected chi connectivity index (χ3v) is 3.75. The Balaban J connectivity index is 4.55. The van der Waals surface area contributed by atoms with E-state index < -0.39 is 61.3 Å². The van der Waals surface area contributed by atoms with Crippen molar-refractivity contribution >= 4 is 41.4 Å². The third kappa shape index (κ3) is 11.3. The summed E-state index contributed by atoms with van der Waals surface area (Å²) in [6, 6.07) is -2.00. The molecule has 26 heavy (non-hydrogen) atoms. The van der Waals surface area contributed by atoms with Crippen LogP contribution in [-0.4, -0.2) is 77.1 Å². The largest absolute Gasteiger partial charge is 0.481 e. The zero-order valence-electron chi connectivity index (χ0n) is 14.3. The molecule has 0 aliphatic heterocycles. The zero-order chi connectivity index (χ0) is 20.1. The van der Waals surface area contributed by atoms with Gasteiger partial charge in [-0.05, 0) is 24.9 Å². The van der Waals surface area contributed by atoms with Crippen LogP contribution in [0.5, 0.6) is 0 Å². The molecule has 3 amide bonds. The quantitative estimate of drug-likeness (QED) is 0.201. The molecule has 7 N–H and O–H groups in total. The lowest BCUT2D eigenvalue weighted by Crippen LogP contribution is -2.51. The Morgan fingerprint density at radius 3 is 2.12 bits per heavy atom. The van der Waals surface area contributed by atoms with Gasteiger partial charge in [-0.25, -0.2) is 0 Å². The van der Waals surface area contributed by atoms with Crippen LogP contribution in [0.4, 0.5) is 0 Å². The summed E-state index contributed by atoms with van der Waals surface area (Å²) in [5.41, 5.74) is 5.65. The summed E-state index contributed by atoms with van der Waals surface area (Å²) < 4.78 is 0. The molecule has 0 aromatic rings. The lowest BCUT2D eigenvalue weighted by molar-refractivity contribution is -0.140. The van der Waals surface area contributed by atoms with E-state index in [1.165, 1.54) is 11.8 Å². The molecule has 11 nitrogen and oxygen atoms in total. The van der Waals surface area contributed by atoms with E-state index in [0.717, 1.165) is 0 Å². The molecule has 0 radical (unpaired) electrons. The number of rotatable bonds is 13. The minimum absolute atomic E-state index is 0.228. The lowest BCUT2D eigenvalue weighted by atomic mass is 10.1. The average Bonchev–Trinajstić information content (AvgIpc) is 2.58. The number of carbonyl (C=O) groups excluding carboxylic acids is 3. The first-order valence-electron chi connectivity index (χ1n) is 7.70. The summed E-state index contributed by atoms with van der Waals surface area (Å²) in [6.07, 6.45) is 1.67. The van der Waals surface area contributed by atoms with E-state index in [1.807, 2.05) is 6.26 Å². The molecule has 12 heteroatoms. The molecule has 0 spiro atoms. The molecule has 0 aliphatic rings. The highest BCUT2D eigenvalue weighted by Crippen LogP contribution is 1.99. The number of carbonyl (C=O) groups is 5. The summed E-state index contributed by atoms with van der Waals surface area (Å²) in [5.74, 6) is -3.86. The van der Waals surface area contributed by atoms with Crippen LogP contribution in [0.3, 0.4) is 0 Å². The fraction of sp³-hybridized carbons (Fsp3) is 0.643. The molecular weight excluding hydrogens is 368 g/mol. The highest BCUT2D eigenvalue weighted by Gasteiger charge is 2.22. The Kier molecular flexibility index (Phi) is 11.8. The first kappa shape index (κ1) is 23.7. The molecule has 0 saturated carbocycles. The van der Waals surface area contributed by atoms with Crippen LogP contribution in [0.1, 0.15) is 19.3 Å². The van der Waals surface area contributed by atoms with Crippen molar-refractivity contribution in [1.29, 1.82) is 0 Å². The van der Waals surface area contributed by atoms with Gasteiger partial charge < -0.3 is 31.9 Å². The third-order valence-electron chi connectivity index (χ3n) is 3.11. The molecule has 0 bridgehead atoms. The van der Waals surface area contributed by atoms with E-state index in [9.17, 15) is 24.0 Å². The maximum atomic E-state index is 11.9. The number of nitrogens with one attached hydrogen (secondary N) is 3. The zero-order valence-corrected chi connectivity index (χ0v) is 15.1. The van der Waals surface area contributed by atoms with Gasteiger partial charge in [0.05, 0.1) is 12.6 Å². The molecule has 0 aliphatic carbocycles. The molecule has 0 heterocycles. The summed E-state index contributed by atoms with van der Waals surface area (Å²) in [7, 11) is 0. The second-order valence-corrected chi connectivity index (χ2v) is 6.26. The van der Waals surface area contributed by atoms with Crippen molar-refractivity contribution in [3.63, 3.8) is 0 Å². The van der Waals surface area contributed by atoms with E-state index in [0.29, 0.717) is 12.2 Å². The van der Waals surface area contributed by atoms with Gasteiger partial charge in [0.2, 0.25) is 17.7 Å². The predicted molar refractivity (Wildman–Crippen MR) is 93.4 cm³/mol. The fourth-order valence-corrected chi connectivity index (χ4v) is 2.23. The van der Waals surface area contributed by atoms with Gasteiger partial charge in [0.15, 0.2) is 0 Å². The van der Waals surface area contributed by atoms with Gasteiger partial charge in [-0.1, -0.05) is 0 Å². The van der Waals surface area contributed by atoms with Crippen LogP contribution in [0.2, 0.25) is 0 Å². The van der Waals surface area contributed by atoms with Gasteiger partial charge >= 0.3 is 11.9 Å². The van der Waals surface area contributed by atoms with Crippen molar-refractivity contribution in [3.8, 4) is 0 Å². The maximum Gasteiger partial charge on any atom is 0.322 e. The van der Waals surface area contributed by atoms with Gasteiger partial charge in [0.1, 0.15) is 12.6 Å². The molecule has 148 valence electrons. The van der Waals surface area contributed by atoms with Gasteiger partial charge in [0.25, 0.3) is 0 Å². The smallest absolute Gasteiger partial charge is 0.322 e. The van der Waals surface area contributed by atoms with Crippen molar-refractivity contribution in [1.82, 2.24) is 16.0 Å². The lowest BCUT2D eigenvalue weighted by Gasteiger charge is -2.18. The topological polar surface area (TPSA) is 188 Å². The Morgan fingerprint density at radius 1 is 0.962 bits per heavy atom. The van der Waals surface area contributed by atoms with E-state index in [2.05, 4.69) is 16.0 Å². The van der Waals surface area contributed by atoms with Crippen molar-refractivity contribution < 1.29 is 34.2 Å². The van der Waals surface area contributed by atoms with Crippen LogP contribution in [0, 0.1) is 0 Å². The minimum atomic E-state index is -1.28. The Labute approximate surface area is 154 Å². The molecule has 2 atom stereocenters. The number of thioether (sulfide) groups is 1. The van der Waals surface area contributed by atoms with Crippen LogP contribution in [0.25, 0.3) is 0 Å². The van der Waals surface area contributed by atoms with Crippen LogP contribution in [0.15, 0.2) is 0 Å². The second kappa shape index (κ2) is 12.9. The van der Waals surface area contributed by atoms with Crippen molar-refractivity contribution in [2.45, 2.75) is 31.3 Å². The number of carboxylic acid groups (broad SMARTS) is 2. The van der Waals surface area contributed by atoms with Crippen LogP contribution in [-0.2, 0) is 24.0 Å². The number of hydrogen-bond donors (Lipinski definition) is 6.